The SMILES string of the molecule is CN=C(NCc1cccnc1N1CCC(C(N)=O)CC1)NCC(C)Oc1ccc(F)cc1.I. The first kappa shape index (κ1) is 26.6. The molecule has 10 heteroatoms. The number of guanidine groups is 1. The number of nitrogens with two attached hydrogens (primary N) is 1. The van der Waals surface area contributed by atoms with Crippen molar-refractivity contribution in [2.45, 2.75) is 32.4 Å². The smallest absolute Gasteiger partial charge is 0.220 e. The molecule has 1 unspecified atom stereocenters. The Bertz CT molecular complexity index is 919. The summed E-state index contributed by atoms with van der Waals surface area (Å²) in [5, 5.41) is 6.55. The lowest BCUT2D eigenvalue weighted by Crippen LogP contribution is -2.42. The fourth-order valence-electron chi connectivity index (χ4n) is 3.66. The number of anilines is 1. The molecule has 33 heavy (non-hydrogen) atoms. The number of halogens is 2. The third kappa shape index (κ3) is 8.02. The van der Waals surface area contributed by atoms with E-state index >= 15 is 0 Å². The highest BCUT2D eigenvalue weighted by molar-refractivity contribution is 14.0. The van der Waals surface area contributed by atoms with E-state index in [2.05, 4.69) is 25.5 Å². The molecule has 1 aliphatic rings. The van der Waals surface area contributed by atoms with Crippen LogP contribution < -0.4 is 26.0 Å². The van der Waals surface area contributed by atoms with E-state index in [4.69, 9.17) is 10.5 Å². The molecular weight excluding hydrogens is 538 g/mol. The van der Waals surface area contributed by atoms with Gasteiger partial charge in [0.1, 0.15) is 23.5 Å². The van der Waals surface area contributed by atoms with E-state index < -0.39 is 0 Å². The van der Waals surface area contributed by atoms with Crippen LogP contribution in [0.3, 0.4) is 0 Å². The summed E-state index contributed by atoms with van der Waals surface area (Å²) in [4.78, 5) is 22.5. The molecule has 0 aliphatic carbocycles. The summed E-state index contributed by atoms with van der Waals surface area (Å²) >= 11 is 0. The number of nitrogens with one attached hydrogen (secondary N) is 2. The second-order valence-electron chi connectivity index (χ2n) is 7.84. The molecule has 4 N–H and O–H groups in total. The maximum Gasteiger partial charge on any atom is 0.220 e. The topological polar surface area (TPSA) is 105 Å². The van der Waals surface area contributed by atoms with Crippen molar-refractivity contribution in [3.8, 4) is 5.75 Å². The van der Waals surface area contributed by atoms with E-state index in [0.717, 1.165) is 37.3 Å². The van der Waals surface area contributed by atoms with Gasteiger partial charge in [0.05, 0.1) is 6.54 Å². The van der Waals surface area contributed by atoms with Gasteiger partial charge in [-0.25, -0.2) is 9.37 Å². The van der Waals surface area contributed by atoms with Gasteiger partial charge in [-0.2, -0.15) is 0 Å². The van der Waals surface area contributed by atoms with Gasteiger partial charge in [-0.1, -0.05) is 6.07 Å². The Labute approximate surface area is 211 Å². The van der Waals surface area contributed by atoms with Gasteiger partial charge in [0.15, 0.2) is 5.96 Å². The lowest BCUT2D eigenvalue weighted by atomic mass is 9.96. The van der Waals surface area contributed by atoms with E-state index in [-0.39, 0.29) is 47.7 Å². The van der Waals surface area contributed by atoms with E-state index in [1.54, 1.807) is 25.4 Å². The van der Waals surface area contributed by atoms with Crippen molar-refractivity contribution in [1.29, 1.82) is 0 Å². The maximum atomic E-state index is 13.0. The van der Waals surface area contributed by atoms with Crippen LogP contribution in [0, 0.1) is 11.7 Å². The minimum absolute atomic E-state index is 0. The highest BCUT2D eigenvalue weighted by atomic mass is 127. The number of aliphatic imine (C=N–C) groups is 1. The zero-order valence-corrected chi connectivity index (χ0v) is 21.3. The van der Waals surface area contributed by atoms with Crippen LogP contribution in [0.5, 0.6) is 5.75 Å². The molecule has 8 nitrogen and oxygen atoms in total. The maximum absolute atomic E-state index is 13.0. The Morgan fingerprint density at radius 1 is 1.27 bits per heavy atom. The number of rotatable bonds is 8. The molecule has 1 saturated heterocycles. The first-order valence-electron chi connectivity index (χ1n) is 10.8. The van der Waals surface area contributed by atoms with Crippen molar-refractivity contribution in [1.82, 2.24) is 15.6 Å². The molecule has 0 saturated carbocycles. The fourth-order valence-corrected chi connectivity index (χ4v) is 3.66. The largest absolute Gasteiger partial charge is 0.489 e. The standard InChI is InChI=1S/C23H31FN6O2.HI/c1-16(32-20-7-5-19(24)6-8-20)14-28-23(26-2)29-15-18-4-3-11-27-22(18)30-12-9-17(10-13-30)21(25)31;/h3-8,11,16-17H,9-10,12-15H2,1-2H3,(H2,25,31)(H2,26,28,29);1H. The van der Waals surface area contributed by atoms with Gasteiger partial charge in [-0.3, -0.25) is 9.79 Å². The molecule has 1 aliphatic heterocycles. The van der Waals surface area contributed by atoms with Crippen LogP contribution in [0.4, 0.5) is 10.2 Å². The van der Waals surface area contributed by atoms with Gasteiger partial charge in [0, 0.05) is 44.4 Å². The quantitative estimate of drug-likeness (QED) is 0.256. The van der Waals surface area contributed by atoms with Gasteiger partial charge in [0.25, 0.3) is 0 Å². The number of amides is 1. The van der Waals surface area contributed by atoms with Crippen molar-refractivity contribution in [3.63, 3.8) is 0 Å². The molecule has 1 atom stereocenters. The minimum Gasteiger partial charge on any atom is -0.489 e. The first-order valence-corrected chi connectivity index (χ1v) is 10.8. The van der Waals surface area contributed by atoms with E-state index in [0.29, 0.717) is 24.8 Å². The second kappa shape index (κ2) is 13.2. The van der Waals surface area contributed by atoms with Crippen molar-refractivity contribution >= 4 is 41.7 Å². The molecule has 180 valence electrons. The molecule has 1 aromatic heterocycles. The van der Waals surface area contributed by atoms with Crippen LogP contribution in [0.15, 0.2) is 47.6 Å². The molecule has 1 amide bonds. The van der Waals surface area contributed by atoms with Gasteiger partial charge in [-0.05, 0) is 50.1 Å². The van der Waals surface area contributed by atoms with Crippen LogP contribution in [-0.2, 0) is 11.3 Å². The number of hydrogen-bond donors (Lipinski definition) is 3. The summed E-state index contributed by atoms with van der Waals surface area (Å²) < 4.78 is 18.8. The molecule has 3 rings (SSSR count). The molecule has 0 bridgehead atoms. The zero-order chi connectivity index (χ0) is 22.9. The lowest BCUT2D eigenvalue weighted by molar-refractivity contribution is -0.122. The van der Waals surface area contributed by atoms with E-state index in [1.807, 2.05) is 19.1 Å². The number of ether oxygens (including phenoxy) is 1. The summed E-state index contributed by atoms with van der Waals surface area (Å²) in [6, 6.07) is 9.90. The molecule has 0 radical (unpaired) electrons. The monoisotopic (exact) mass is 570 g/mol. The highest BCUT2D eigenvalue weighted by Gasteiger charge is 2.25. The van der Waals surface area contributed by atoms with Crippen molar-refractivity contribution in [2.75, 3.05) is 31.6 Å². The number of carbonyl (C=O) groups is 1. The van der Waals surface area contributed by atoms with Crippen LogP contribution in [0.2, 0.25) is 0 Å². The Hall–Kier alpha value is -2.63. The van der Waals surface area contributed by atoms with Crippen LogP contribution in [-0.4, -0.2) is 49.6 Å². The highest BCUT2D eigenvalue weighted by Crippen LogP contribution is 2.24. The molecule has 1 aromatic carbocycles. The Balaban J connectivity index is 0.00000385. The van der Waals surface area contributed by atoms with Crippen LogP contribution >= 0.6 is 24.0 Å². The van der Waals surface area contributed by atoms with E-state index in [1.165, 1.54) is 12.1 Å². The van der Waals surface area contributed by atoms with Crippen LogP contribution in [0.25, 0.3) is 0 Å². The Morgan fingerprint density at radius 2 is 1.97 bits per heavy atom. The summed E-state index contributed by atoms with van der Waals surface area (Å²) in [5.74, 6) is 1.59. The van der Waals surface area contributed by atoms with Crippen molar-refractivity contribution < 1.29 is 13.9 Å². The summed E-state index contributed by atoms with van der Waals surface area (Å²) in [5.41, 5.74) is 6.49. The number of piperidine rings is 1. The zero-order valence-electron chi connectivity index (χ0n) is 19.0. The fraction of sp³-hybridized carbons (Fsp3) is 0.435. The molecular formula is C23H32FIN6O2. The number of carbonyl (C=O) groups excluding carboxylic acids is 1. The normalized spacial score (nSPS) is 15.4. The van der Waals surface area contributed by atoms with Crippen LogP contribution in [0.1, 0.15) is 25.3 Å². The molecule has 2 aromatic rings. The average Bonchev–Trinajstić information content (AvgIpc) is 2.81. The lowest BCUT2D eigenvalue weighted by Gasteiger charge is -2.32. The third-order valence-electron chi connectivity index (χ3n) is 5.44. The second-order valence-corrected chi connectivity index (χ2v) is 7.84. The summed E-state index contributed by atoms with van der Waals surface area (Å²) in [6.45, 7) is 4.51. The van der Waals surface area contributed by atoms with Gasteiger partial charge >= 0.3 is 0 Å². The predicted octanol–water partition coefficient (Wildman–Crippen LogP) is 2.67. The van der Waals surface area contributed by atoms with Gasteiger partial charge in [-0.15, -0.1) is 24.0 Å². The number of nitrogens with zero attached hydrogens (tertiary/aromatic N) is 3. The van der Waals surface area contributed by atoms with Gasteiger partial charge in [0.2, 0.25) is 5.91 Å². The van der Waals surface area contributed by atoms with Gasteiger partial charge < -0.3 is 26.0 Å². The average molecular weight is 570 g/mol. The minimum atomic E-state index is -0.292. The van der Waals surface area contributed by atoms with Crippen molar-refractivity contribution in [2.24, 2.45) is 16.6 Å². The third-order valence-corrected chi connectivity index (χ3v) is 5.44. The number of primary amides is 1. The number of aromatic nitrogens is 1. The predicted molar refractivity (Wildman–Crippen MR) is 138 cm³/mol. The number of benzene rings is 1. The Morgan fingerprint density at radius 3 is 2.61 bits per heavy atom. The Kier molecular flexibility index (Phi) is 10.6. The van der Waals surface area contributed by atoms with Crippen molar-refractivity contribution in [3.05, 3.63) is 54.0 Å². The number of pyridine rings is 1. The number of hydrogen-bond acceptors (Lipinski definition) is 5. The first-order chi connectivity index (χ1) is 15.5. The summed E-state index contributed by atoms with van der Waals surface area (Å²) in [6.07, 6.45) is 3.13. The summed E-state index contributed by atoms with van der Waals surface area (Å²) in [7, 11) is 1.71. The molecule has 2 heterocycles. The molecule has 1 fully saturated rings. The van der Waals surface area contributed by atoms with E-state index in [9.17, 15) is 9.18 Å². The molecule has 0 spiro atoms.